The number of Topliss-reactive ketones (excluding diaryl/α,β-unsaturated/α-hetero) is 1. The van der Waals surface area contributed by atoms with Crippen LogP contribution in [0.25, 0.3) is 0 Å². The van der Waals surface area contributed by atoms with E-state index in [4.69, 9.17) is 4.99 Å². The van der Waals surface area contributed by atoms with Crippen molar-refractivity contribution in [1.82, 2.24) is 4.90 Å². The molecule has 0 saturated carbocycles. The van der Waals surface area contributed by atoms with Crippen molar-refractivity contribution < 1.29 is 9.90 Å². The van der Waals surface area contributed by atoms with E-state index in [0.29, 0.717) is 22.5 Å². The van der Waals surface area contributed by atoms with Crippen LogP contribution in [0.4, 0.5) is 11.4 Å². The van der Waals surface area contributed by atoms with Crippen molar-refractivity contribution in [2.24, 2.45) is 4.99 Å². The molecule has 144 valence electrons. The topological polar surface area (TPSA) is 56.1 Å². The van der Waals surface area contributed by atoms with E-state index in [1.54, 1.807) is 18.2 Å². The summed E-state index contributed by atoms with van der Waals surface area (Å²) in [7, 11) is 3.99. The molecule has 0 radical (unpaired) electrons. The number of phenols is 1. The van der Waals surface area contributed by atoms with E-state index >= 15 is 0 Å². The first-order chi connectivity index (χ1) is 13.5. The largest absolute Gasteiger partial charge is 0.507 e. The Morgan fingerprint density at radius 1 is 1.07 bits per heavy atom. The molecule has 28 heavy (non-hydrogen) atoms. The number of ketones is 1. The minimum absolute atomic E-state index is 0.0419. The fourth-order valence-corrected chi connectivity index (χ4v) is 4.40. The third-order valence-corrected chi connectivity index (χ3v) is 5.96. The zero-order valence-corrected chi connectivity index (χ0v) is 16.9. The molecule has 0 aromatic heterocycles. The molecule has 1 N–H and O–H groups in total. The lowest BCUT2D eigenvalue weighted by atomic mass is 9.90. The number of benzene rings is 2. The highest BCUT2D eigenvalue weighted by Crippen LogP contribution is 2.32. The van der Waals surface area contributed by atoms with Crippen LogP contribution in [0.2, 0.25) is 0 Å². The summed E-state index contributed by atoms with van der Waals surface area (Å²) in [6.45, 7) is 1.70. The predicted molar refractivity (Wildman–Crippen MR) is 116 cm³/mol. The number of anilines is 1. The Balaban J connectivity index is 1.80. The number of hydrogen-bond donors (Lipinski definition) is 1. The lowest BCUT2D eigenvalue weighted by Crippen LogP contribution is -2.37. The number of rotatable bonds is 3. The second-order valence-electron chi connectivity index (χ2n) is 7.07. The summed E-state index contributed by atoms with van der Waals surface area (Å²) in [5.41, 5.74) is 4.20. The van der Waals surface area contributed by atoms with Crippen LogP contribution in [0.5, 0.6) is 5.75 Å². The number of aromatic hydroxyl groups is 1. The summed E-state index contributed by atoms with van der Waals surface area (Å²) in [5, 5.41) is 10.5. The van der Waals surface area contributed by atoms with Gasteiger partial charge in [-0.1, -0.05) is 12.1 Å². The molecule has 0 amide bonds. The van der Waals surface area contributed by atoms with Gasteiger partial charge in [0.2, 0.25) is 5.78 Å². The average molecular weight is 394 g/mol. The maximum atomic E-state index is 13.1. The number of carbonyl (C=O) groups excluding carboxylic acids is 1. The second kappa shape index (κ2) is 7.72. The number of hydrogen-bond acceptors (Lipinski definition) is 6. The number of phenolic OH excluding ortho intramolecular Hbond substituents is 1. The van der Waals surface area contributed by atoms with Gasteiger partial charge in [-0.25, -0.2) is 4.99 Å². The van der Waals surface area contributed by atoms with Gasteiger partial charge in [-0.05, 0) is 36.4 Å². The van der Waals surface area contributed by atoms with Crippen molar-refractivity contribution >= 4 is 34.6 Å². The van der Waals surface area contributed by atoms with E-state index in [-0.39, 0.29) is 11.5 Å². The molecular formula is C22H23N3O2S. The molecule has 2 aliphatic rings. The Bertz CT molecular complexity index is 958. The Hall–Kier alpha value is -2.73. The third-order valence-electron chi connectivity index (χ3n) is 5.02. The van der Waals surface area contributed by atoms with Crippen molar-refractivity contribution in [3.8, 4) is 5.75 Å². The van der Waals surface area contributed by atoms with Crippen LogP contribution in [0.1, 0.15) is 15.9 Å². The Labute approximate surface area is 169 Å². The lowest BCUT2D eigenvalue weighted by Gasteiger charge is -2.32. The first-order valence-electron chi connectivity index (χ1n) is 9.32. The molecule has 5 nitrogen and oxygen atoms in total. The number of carbonyl (C=O) groups is 1. The number of nitrogens with zero attached hydrogens (tertiary/aromatic N) is 3. The summed E-state index contributed by atoms with van der Waals surface area (Å²) in [5.74, 6) is 2.06. The molecule has 2 aromatic rings. The van der Waals surface area contributed by atoms with Gasteiger partial charge in [-0.3, -0.25) is 4.79 Å². The van der Waals surface area contributed by atoms with Gasteiger partial charge in [0, 0.05) is 49.9 Å². The summed E-state index contributed by atoms with van der Waals surface area (Å²) in [6, 6.07) is 13.0. The van der Waals surface area contributed by atoms with Gasteiger partial charge < -0.3 is 14.9 Å². The molecule has 6 heteroatoms. The van der Waals surface area contributed by atoms with E-state index in [1.165, 1.54) is 0 Å². The zero-order chi connectivity index (χ0) is 19.7. The molecule has 2 aromatic carbocycles. The molecule has 0 spiro atoms. The van der Waals surface area contributed by atoms with Crippen LogP contribution < -0.4 is 4.90 Å². The van der Waals surface area contributed by atoms with Crippen LogP contribution in [-0.2, 0) is 0 Å². The first kappa shape index (κ1) is 18.6. The van der Waals surface area contributed by atoms with Crippen molar-refractivity contribution in [3.63, 3.8) is 0 Å². The molecule has 0 atom stereocenters. The van der Waals surface area contributed by atoms with Crippen molar-refractivity contribution in [3.05, 3.63) is 65.4 Å². The maximum absolute atomic E-state index is 13.1. The maximum Gasteiger partial charge on any atom is 0.209 e. The highest BCUT2D eigenvalue weighted by atomic mass is 32.2. The zero-order valence-electron chi connectivity index (χ0n) is 16.1. The SMILES string of the molecule is CN(C)c1ccc(N=C2C=C(N3CCSCC3)C(=O)c3cccc(O)c32)cc1. The second-order valence-corrected chi connectivity index (χ2v) is 8.29. The minimum Gasteiger partial charge on any atom is -0.507 e. The van der Waals surface area contributed by atoms with Crippen molar-refractivity contribution in [2.45, 2.75) is 0 Å². The van der Waals surface area contributed by atoms with Crippen LogP contribution in [0.15, 0.2) is 59.2 Å². The highest BCUT2D eigenvalue weighted by molar-refractivity contribution is 7.99. The average Bonchev–Trinajstić information content (AvgIpc) is 2.71. The summed E-state index contributed by atoms with van der Waals surface area (Å²) in [6.07, 6.45) is 1.83. The molecule has 0 unspecified atom stereocenters. The fraction of sp³-hybridized carbons (Fsp3) is 0.273. The number of allylic oxidation sites excluding steroid dienone is 2. The molecule has 1 aliphatic heterocycles. The Kier molecular flexibility index (Phi) is 5.13. The number of fused-ring (bicyclic) bond motifs is 1. The smallest absolute Gasteiger partial charge is 0.209 e. The summed E-state index contributed by atoms with van der Waals surface area (Å²) >= 11 is 1.90. The summed E-state index contributed by atoms with van der Waals surface area (Å²) in [4.78, 5) is 22.0. The van der Waals surface area contributed by atoms with Gasteiger partial charge in [-0.2, -0.15) is 11.8 Å². The molecular weight excluding hydrogens is 370 g/mol. The lowest BCUT2D eigenvalue weighted by molar-refractivity contribution is 0.0992. The van der Waals surface area contributed by atoms with Crippen molar-refractivity contribution in [1.29, 1.82) is 0 Å². The standard InChI is InChI=1S/C22H23N3O2S/c1-24(2)16-8-6-15(7-9-16)23-18-14-19(25-10-12-28-13-11-25)22(27)17-4-3-5-20(26)21(17)18/h3-9,14,26H,10-13H2,1-2H3. The molecule has 1 fully saturated rings. The van der Waals surface area contributed by atoms with E-state index < -0.39 is 0 Å². The van der Waals surface area contributed by atoms with Crippen LogP contribution in [0.3, 0.4) is 0 Å². The van der Waals surface area contributed by atoms with Gasteiger partial charge in [0.15, 0.2) is 0 Å². The van der Waals surface area contributed by atoms with Crippen LogP contribution in [0, 0.1) is 0 Å². The highest BCUT2D eigenvalue weighted by Gasteiger charge is 2.30. The molecule has 0 bridgehead atoms. The quantitative estimate of drug-likeness (QED) is 0.862. The van der Waals surface area contributed by atoms with E-state index in [9.17, 15) is 9.90 Å². The molecule has 1 saturated heterocycles. The molecule has 1 aliphatic carbocycles. The third kappa shape index (κ3) is 3.52. The first-order valence-corrected chi connectivity index (χ1v) is 10.5. The molecule has 1 heterocycles. The van der Waals surface area contributed by atoms with Gasteiger partial charge in [0.05, 0.1) is 22.7 Å². The fourth-order valence-electron chi connectivity index (χ4n) is 3.50. The minimum atomic E-state index is -0.0419. The Morgan fingerprint density at radius 3 is 2.46 bits per heavy atom. The van der Waals surface area contributed by atoms with E-state index in [0.717, 1.165) is 36.0 Å². The van der Waals surface area contributed by atoms with Gasteiger partial charge in [0.25, 0.3) is 0 Å². The number of thioether (sulfide) groups is 1. The Morgan fingerprint density at radius 2 is 1.79 bits per heavy atom. The number of aliphatic imine (C=N–C) groups is 1. The van der Waals surface area contributed by atoms with Crippen molar-refractivity contribution in [2.75, 3.05) is 43.6 Å². The van der Waals surface area contributed by atoms with Gasteiger partial charge in [-0.15, -0.1) is 0 Å². The summed E-state index contributed by atoms with van der Waals surface area (Å²) < 4.78 is 0. The van der Waals surface area contributed by atoms with Gasteiger partial charge >= 0.3 is 0 Å². The van der Waals surface area contributed by atoms with E-state index in [2.05, 4.69) is 4.90 Å². The monoisotopic (exact) mass is 393 g/mol. The van der Waals surface area contributed by atoms with Gasteiger partial charge in [0.1, 0.15) is 5.75 Å². The predicted octanol–water partition coefficient (Wildman–Crippen LogP) is 3.71. The van der Waals surface area contributed by atoms with E-state index in [1.807, 2.05) is 61.1 Å². The molecule has 4 rings (SSSR count). The van der Waals surface area contributed by atoms with Crippen LogP contribution >= 0.6 is 11.8 Å². The normalized spacial score (nSPS) is 18.1. The van der Waals surface area contributed by atoms with Crippen LogP contribution in [-0.4, -0.2) is 60.2 Å².